The number of amides is 3. The van der Waals surface area contributed by atoms with E-state index in [0.29, 0.717) is 12.2 Å². The van der Waals surface area contributed by atoms with Crippen LogP contribution in [0.4, 0.5) is 16.2 Å². The molecule has 1 atom stereocenters. The molecule has 2 aromatic carbocycles. The van der Waals surface area contributed by atoms with Gasteiger partial charge in [-0.1, -0.05) is 25.1 Å². The average molecular weight is 463 g/mol. The lowest BCUT2D eigenvalue weighted by Crippen LogP contribution is -2.50. The Bertz CT molecular complexity index is 1090. The number of fused-ring (bicyclic) bond motifs is 1. The highest BCUT2D eigenvalue weighted by atomic mass is 16.2. The SMILES string of the molecule is CCCN1C(=O)[C@H](NC(=O)Nc2cccc(C)c2)N=C(N2CCN(C)CC2)c2ccc(C)cc21. The average Bonchev–Trinajstić information content (AvgIpc) is 2.90. The third-order valence-electron chi connectivity index (χ3n) is 6.23. The van der Waals surface area contributed by atoms with Gasteiger partial charge in [-0.25, -0.2) is 9.79 Å². The molecule has 8 nitrogen and oxygen atoms in total. The van der Waals surface area contributed by atoms with E-state index < -0.39 is 12.2 Å². The highest BCUT2D eigenvalue weighted by Crippen LogP contribution is 2.29. The summed E-state index contributed by atoms with van der Waals surface area (Å²) in [7, 11) is 2.11. The van der Waals surface area contributed by atoms with E-state index in [4.69, 9.17) is 4.99 Å². The maximum Gasteiger partial charge on any atom is 0.321 e. The molecular weight excluding hydrogens is 428 g/mol. The second kappa shape index (κ2) is 10.3. The number of anilines is 2. The van der Waals surface area contributed by atoms with Gasteiger partial charge in [-0.15, -0.1) is 0 Å². The lowest BCUT2D eigenvalue weighted by atomic mass is 10.1. The van der Waals surface area contributed by atoms with Crippen LogP contribution in [0.15, 0.2) is 47.5 Å². The van der Waals surface area contributed by atoms with Gasteiger partial charge >= 0.3 is 6.03 Å². The summed E-state index contributed by atoms with van der Waals surface area (Å²) in [4.78, 5) is 37.7. The predicted octanol–water partition coefficient (Wildman–Crippen LogP) is 3.20. The molecule has 3 amide bonds. The highest BCUT2D eigenvalue weighted by Gasteiger charge is 2.34. The summed E-state index contributed by atoms with van der Waals surface area (Å²) in [5.41, 5.74) is 4.58. The van der Waals surface area contributed by atoms with Gasteiger partial charge in [-0.3, -0.25) is 4.79 Å². The van der Waals surface area contributed by atoms with Crippen LogP contribution < -0.4 is 15.5 Å². The third-order valence-corrected chi connectivity index (χ3v) is 6.23. The van der Waals surface area contributed by atoms with Crippen molar-refractivity contribution in [3.8, 4) is 0 Å². The molecule has 180 valence electrons. The van der Waals surface area contributed by atoms with Crippen molar-refractivity contribution in [1.82, 2.24) is 15.1 Å². The van der Waals surface area contributed by atoms with Crippen molar-refractivity contribution in [3.63, 3.8) is 0 Å². The number of amidine groups is 1. The first kappa shape index (κ1) is 23.8. The fraction of sp³-hybridized carbons (Fsp3) is 0.423. The monoisotopic (exact) mass is 462 g/mol. The van der Waals surface area contributed by atoms with E-state index in [0.717, 1.165) is 60.8 Å². The summed E-state index contributed by atoms with van der Waals surface area (Å²) < 4.78 is 0. The lowest BCUT2D eigenvalue weighted by Gasteiger charge is -2.35. The van der Waals surface area contributed by atoms with E-state index in [1.54, 1.807) is 4.90 Å². The van der Waals surface area contributed by atoms with Crippen LogP contribution in [0.1, 0.15) is 30.0 Å². The van der Waals surface area contributed by atoms with E-state index in [2.05, 4.69) is 33.5 Å². The quantitative estimate of drug-likeness (QED) is 0.731. The van der Waals surface area contributed by atoms with Gasteiger partial charge in [-0.05, 0) is 62.7 Å². The zero-order valence-electron chi connectivity index (χ0n) is 20.5. The molecular formula is C26H34N6O2. The number of aliphatic imine (C=N–C) groups is 1. The lowest BCUT2D eigenvalue weighted by molar-refractivity contribution is -0.120. The van der Waals surface area contributed by atoms with E-state index in [1.807, 2.05) is 57.2 Å². The number of aryl methyl sites for hydroxylation is 2. The summed E-state index contributed by atoms with van der Waals surface area (Å²) in [5.74, 6) is 0.535. The molecule has 1 fully saturated rings. The number of piperazine rings is 1. The van der Waals surface area contributed by atoms with E-state index in [-0.39, 0.29) is 5.91 Å². The van der Waals surface area contributed by atoms with Gasteiger partial charge in [0.2, 0.25) is 6.17 Å². The number of carbonyl (C=O) groups is 2. The molecule has 2 aromatic rings. The Morgan fingerprint density at radius 3 is 2.50 bits per heavy atom. The number of benzodiazepines with no additional fused rings is 1. The Morgan fingerprint density at radius 1 is 1.06 bits per heavy atom. The van der Waals surface area contributed by atoms with Crippen molar-refractivity contribution in [2.24, 2.45) is 4.99 Å². The second-order valence-corrected chi connectivity index (χ2v) is 9.12. The molecule has 0 spiro atoms. The molecule has 2 heterocycles. The number of carbonyl (C=O) groups excluding carboxylic acids is 2. The van der Waals surface area contributed by atoms with Crippen molar-refractivity contribution >= 4 is 29.1 Å². The van der Waals surface area contributed by atoms with Crippen LogP contribution in [-0.2, 0) is 4.79 Å². The van der Waals surface area contributed by atoms with Crippen molar-refractivity contribution in [1.29, 1.82) is 0 Å². The largest absolute Gasteiger partial charge is 0.354 e. The number of hydrogen-bond acceptors (Lipinski definition) is 5. The molecule has 0 unspecified atom stereocenters. The van der Waals surface area contributed by atoms with E-state index in [1.165, 1.54) is 0 Å². The van der Waals surface area contributed by atoms with Crippen molar-refractivity contribution in [3.05, 3.63) is 59.2 Å². The van der Waals surface area contributed by atoms with E-state index >= 15 is 0 Å². The molecule has 0 radical (unpaired) electrons. The normalized spacial score (nSPS) is 18.8. The summed E-state index contributed by atoms with van der Waals surface area (Å²) >= 11 is 0. The van der Waals surface area contributed by atoms with Crippen LogP contribution in [0.3, 0.4) is 0 Å². The first-order valence-corrected chi connectivity index (χ1v) is 11.9. The van der Waals surface area contributed by atoms with Crippen molar-refractivity contribution < 1.29 is 9.59 Å². The summed E-state index contributed by atoms with van der Waals surface area (Å²) in [5, 5.41) is 5.66. The smallest absolute Gasteiger partial charge is 0.321 e. The van der Waals surface area contributed by atoms with Crippen LogP contribution in [0.2, 0.25) is 0 Å². The molecule has 0 saturated carbocycles. The minimum absolute atomic E-state index is 0.225. The Morgan fingerprint density at radius 2 is 1.79 bits per heavy atom. The van der Waals surface area contributed by atoms with Crippen LogP contribution >= 0.6 is 0 Å². The topological polar surface area (TPSA) is 80.3 Å². The van der Waals surface area contributed by atoms with Gasteiger partial charge in [-0.2, -0.15) is 0 Å². The van der Waals surface area contributed by atoms with Crippen LogP contribution in [0, 0.1) is 13.8 Å². The van der Waals surface area contributed by atoms with Gasteiger partial charge in [0.1, 0.15) is 5.84 Å². The minimum atomic E-state index is -1.02. The minimum Gasteiger partial charge on any atom is -0.354 e. The number of nitrogens with one attached hydrogen (secondary N) is 2. The number of hydrogen-bond donors (Lipinski definition) is 2. The Hall–Kier alpha value is -3.39. The standard InChI is InChI=1S/C26H34N6O2/c1-5-11-32-22-17-19(3)9-10-21(22)24(31-14-12-30(4)13-15-31)28-23(25(32)33)29-26(34)27-20-8-6-7-18(2)16-20/h6-10,16-17,23H,5,11-15H2,1-4H3,(H2,27,29,34)/t23-/m0/s1. The summed E-state index contributed by atoms with van der Waals surface area (Å²) in [6.45, 7) is 10.0. The van der Waals surface area contributed by atoms with Gasteiger partial charge in [0.25, 0.3) is 5.91 Å². The van der Waals surface area contributed by atoms with Crippen molar-refractivity contribution in [2.45, 2.75) is 33.4 Å². The number of nitrogens with zero attached hydrogens (tertiary/aromatic N) is 4. The van der Waals surface area contributed by atoms with E-state index in [9.17, 15) is 9.59 Å². The zero-order chi connectivity index (χ0) is 24.2. The first-order valence-electron chi connectivity index (χ1n) is 11.9. The fourth-order valence-corrected chi connectivity index (χ4v) is 4.40. The maximum absolute atomic E-state index is 13.7. The number of urea groups is 1. The Labute approximate surface area is 201 Å². The van der Waals surface area contributed by atoms with Gasteiger partial charge in [0.15, 0.2) is 0 Å². The van der Waals surface area contributed by atoms with Gasteiger partial charge < -0.3 is 25.3 Å². The molecule has 34 heavy (non-hydrogen) atoms. The maximum atomic E-state index is 13.7. The summed E-state index contributed by atoms with van der Waals surface area (Å²) in [6, 6.07) is 13.2. The molecule has 2 aliphatic heterocycles. The van der Waals surface area contributed by atoms with Gasteiger partial charge in [0, 0.05) is 44.0 Å². The first-order chi connectivity index (χ1) is 16.4. The Kier molecular flexibility index (Phi) is 7.17. The molecule has 2 N–H and O–H groups in total. The van der Waals surface area contributed by atoms with Crippen LogP contribution in [0.5, 0.6) is 0 Å². The third kappa shape index (κ3) is 5.22. The van der Waals surface area contributed by atoms with Crippen molar-refractivity contribution in [2.75, 3.05) is 50.0 Å². The number of likely N-dealkylation sites (N-methyl/N-ethyl adjacent to an activating group) is 1. The number of benzene rings is 2. The zero-order valence-corrected chi connectivity index (χ0v) is 20.5. The molecule has 4 rings (SSSR count). The van der Waals surface area contributed by atoms with Gasteiger partial charge in [0.05, 0.1) is 5.69 Å². The molecule has 8 heteroatoms. The highest BCUT2D eigenvalue weighted by molar-refractivity contribution is 6.12. The molecule has 1 saturated heterocycles. The molecule has 0 bridgehead atoms. The van der Waals surface area contributed by atoms with Crippen LogP contribution in [-0.4, -0.2) is 73.5 Å². The molecule has 0 aromatic heterocycles. The predicted molar refractivity (Wildman–Crippen MR) is 137 cm³/mol. The number of rotatable bonds is 4. The van der Waals surface area contributed by atoms with Crippen LogP contribution in [0.25, 0.3) is 0 Å². The Balaban J connectivity index is 1.69. The molecule has 2 aliphatic rings. The fourth-order valence-electron chi connectivity index (χ4n) is 4.40. The summed E-state index contributed by atoms with van der Waals surface area (Å²) in [6.07, 6.45) is -0.218. The second-order valence-electron chi connectivity index (χ2n) is 9.12. The molecule has 0 aliphatic carbocycles.